The van der Waals surface area contributed by atoms with E-state index in [1.54, 1.807) is 6.92 Å². The lowest BCUT2D eigenvalue weighted by Crippen LogP contribution is -2.51. The van der Waals surface area contributed by atoms with Crippen molar-refractivity contribution >= 4 is 11.8 Å². The van der Waals surface area contributed by atoms with E-state index >= 15 is 0 Å². The molecule has 1 unspecified atom stereocenters. The molecule has 0 bridgehead atoms. The van der Waals surface area contributed by atoms with E-state index in [1.807, 2.05) is 28.0 Å². The molecule has 1 aromatic rings. The molecule has 0 spiro atoms. The zero-order valence-electron chi connectivity index (χ0n) is 12.5. The van der Waals surface area contributed by atoms with Crippen molar-refractivity contribution in [1.82, 2.24) is 9.80 Å². The van der Waals surface area contributed by atoms with Crippen molar-refractivity contribution in [2.45, 2.75) is 25.7 Å². The normalized spacial score (nSPS) is 20.2. The molecule has 3 rings (SSSR count). The Balaban J connectivity index is 1.70. The molecule has 1 aliphatic carbocycles. The van der Waals surface area contributed by atoms with Crippen molar-refractivity contribution in [1.29, 1.82) is 0 Å². The lowest BCUT2D eigenvalue weighted by atomic mass is 9.92. The Morgan fingerprint density at radius 1 is 1.00 bits per heavy atom. The van der Waals surface area contributed by atoms with Crippen LogP contribution < -0.4 is 0 Å². The zero-order chi connectivity index (χ0) is 14.8. The van der Waals surface area contributed by atoms with Crippen LogP contribution in [0.3, 0.4) is 0 Å². The number of amides is 2. The molecule has 1 saturated heterocycles. The molecule has 1 atom stereocenters. The number of hydrogen-bond acceptors (Lipinski definition) is 2. The molecular formula is C17H22N2O2. The molecule has 1 heterocycles. The van der Waals surface area contributed by atoms with Gasteiger partial charge in [0.15, 0.2) is 0 Å². The van der Waals surface area contributed by atoms with Gasteiger partial charge in [0.05, 0.1) is 5.92 Å². The summed E-state index contributed by atoms with van der Waals surface area (Å²) in [4.78, 5) is 28.0. The minimum absolute atomic E-state index is 0.00933. The smallest absolute Gasteiger partial charge is 0.230 e. The molecule has 21 heavy (non-hydrogen) atoms. The molecule has 4 heteroatoms. The molecule has 0 radical (unpaired) electrons. The van der Waals surface area contributed by atoms with Crippen LogP contribution >= 0.6 is 0 Å². The SMILES string of the molecule is CC(=O)N1CCN(C(=O)C(c2ccccc2)C2CC2)CC1. The first kappa shape index (κ1) is 14.1. The summed E-state index contributed by atoms with van der Waals surface area (Å²) in [5.74, 6) is 0.858. The number of carbonyl (C=O) groups excluding carboxylic acids is 2. The second kappa shape index (κ2) is 5.88. The molecule has 112 valence electrons. The molecule has 1 aromatic carbocycles. The third kappa shape index (κ3) is 3.09. The third-order valence-electron chi connectivity index (χ3n) is 4.55. The van der Waals surface area contributed by atoms with Crippen molar-refractivity contribution < 1.29 is 9.59 Å². The van der Waals surface area contributed by atoms with Gasteiger partial charge < -0.3 is 9.80 Å². The van der Waals surface area contributed by atoms with E-state index in [9.17, 15) is 9.59 Å². The maximum atomic E-state index is 12.9. The summed E-state index contributed by atoms with van der Waals surface area (Å²) in [7, 11) is 0. The van der Waals surface area contributed by atoms with Crippen LogP contribution in [-0.4, -0.2) is 47.8 Å². The van der Waals surface area contributed by atoms with E-state index in [4.69, 9.17) is 0 Å². The molecular weight excluding hydrogens is 264 g/mol. The lowest BCUT2D eigenvalue weighted by molar-refractivity contribution is -0.139. The minimum Gasteiger partial charge on any atom is -0.339 e. The quantitative estimate of drug-likeness (QED) is 0.851. The third-order valence-corrected chi connectivity index (χ3v) is 4.55. The summed E-state index contributed by atoms with van der Waals surface area (Å²) in [5.41, 5.74) is 1.14. The van der Waals surface area contributed by atoms with Gasteiger partial charge in [-0.1, -0.05) is 30.3 Å². The van der Waals surface area contributed by atoms with E-state index in [0.29, 0.717) is 32.1 Å². The molecule has 0 N–H and O–H groups in total. The highest BCUT2D eigenvalue weighted by Crippen LogP contribution is 2.43. The van der Waals surface area contributed by atoms with Gasteiger partial charge in [-0.05, 0) is 24.3 Å². The fraction of sp³-hybridized carbons (Fsp3) is 0.529. The first-order chi connectivity index (χ1) is 10.2. The average Bonchev–Trinajstić information content (AvgIpc) is 3.33. The monoisotopic (exact) mass is 286 g/mol. The van der Waals surface area contributed by atoms with E-state index in [-0.39, 0.29) is 17.7 Å². The first-order valence-electron chi connectivity index (χ1n) is 7.76. The van der Waals surface area contributed by atoms with Gasteiger partial charge in [-0.25, -0.2) is 0 Å². The molecule has 4 nitrogen and oxygen atoms in total. The Hall–Kier alpha value is -1.84. The number of hydrogen-bond donors (Lipinski definition) is 0. The molecule has 0 aromatic heterocycles. The molecule has 1 saturated carbocycles. The Morgan fingerprint density at radius 3 is 2.10 bits per heavy atom. The second-order valence-corrected chi connectivity index (χ2v) is 6.06. The van der Waals surface area contributed by atoms with Gasteiger partial charge in [0.2, 0.25) is 11.8 Å². The van der Waals surface area contributed by atoms with E-state index in [0.717, 1.165) is 18.4 Å². The Labute approximate surface area is 125 Å². The average molecular weight is 286 g/mol. The maximum Gasteiger partial charge on any atom is 0.230 e. The largest absolute Gasteiger partial charge is 0.339 e. The zero-order valence-corrected chi connectivity index (χ0v) is 12.5. The van der Waals surface area contributed by atoms with Gasteiger partial charge in [0.1, 0.15) is 0 Å². The number of carbonyl (C=O) groups is 2. The lowest BCUT2D eigenvalue weighted by Gasteiger charge is -2.36. The van der Waals surface area contributed by atoms with Gasteiger partial charge in [0, 0.05) is 33.1 Å². The van der Waals surface area contributed by atoms with Gasteiger partial charge in [-0.2, -0.15) is 0 Å². The van der Waals surface area contributed by atoms with Crippen molar-refractivity contribution in [3.05, 3.63) is 35.9 Å². The van der Waals surface area contributed by atoms with Crippen LogP contribution in [0, 0.1) is 5.92 Å². The van der Waals surface area contributed by atoms with Gasteiger partial charge in [0.25, 0.3) is 0 Å². The number of benzene rings is 1. The van der Waals surface area contributed by atoms with Crippen LogP contribution in [0.15, 0.2) is 30.3 Å². The van der Waals surface area contributed by atoms with Crippen LogP contribution in [0.4, 0.5) is 0 Å². The van der Waals surface area contributed by atoms with Gasteiger partial charge >= 0.3 is 0 Å². The summed E-state index contributed by atoms with van der Waals surface area (Å²) in [6.45, 7) is 4.23. The van der Waals surface area contributed by atoms with E-state index < -0.39 is 0 Å². The predicted octanol–water partition coefficient (Wildman–Crippen LogP) is 1.87. The van der Waals surface area contributed by atoms with Crippen LogP contribution in [-0.2, 0) is 9.59 Å². The molecule has 2 amide bonds. The number of nitrogens with zero attached hydrogens (tertiary/aromatic N) is 2. The Morgan fingerprint density at radius 2 is 1.57 bits per heavy atom. The predicted molar refractivity (Wildman–Crippen MR) is 80.7 cm³/mol. The highest BCUT2D eigenvalue weighted by Gasteiger charge is 2.39. The van der Waals surface area contributed by atoms with Crippen molar-refractivity contribution in [2.75, 3.05) is 26.2 Å². The van der Waals surface area contributed by atoms with Crippen molar-refractivity contribution in [2.24, 2.45) is 5.92 Å². The van der Waals surface area contributed by atoms with E-state index in [1.165, 1.54) is 0 Å². The summed E-state index contributed by atoms with van der Waals surface area (Å²) >= 11 is 0. The number of rotatable bonds is 3. The summed E-state index contributed by atoms with van der Waals surface area (Å²) < 4.78 is 0. The summed E-state index contributed by atoms with van der Waals surface area (Å²) in [5, 5.41) is 0. The fourth-order valence-electron chi connectivity index (χ4n) is 3.14. The van der Waals surface area contributed by atoms with Gasteiger partial charge in [-0.15, -0.1) is 0 Å². The topological polar surface area (TPSA) is 40.6 Å². The first-order valence-corrected chi connectivity index (χ1v) is 7.76. The van der Waals surface area contributed by atoms with Crippen molar-refractivity contribution in [3.63, 3.8) is 0 Å². The highest BCUT2D eigenvalue weighted by atomic mass is 16.2. The van der Waals surface area contributed by atoms with Crippen LogP contribution in [0.25, 0.3) is 0 Å². The van der Waals surface area contributed by atoms with Crippen molar-refractivity contribution in [3.8, 4) is 0 Å². The highest BCUT2D eigenvalue weighted by molar-refractivity contribution is 5.85. The molecule has 1 aliphatic heterocycles. The number of piperazine rings is 1. The maximum absolute atomic E-state index is 12.9. The van der Waals surface area contributed by atoms with Crippen LogP contribution in [0.1, 0.15) is 31.2 Å². The molecule has 2 fully saturated rings. The van der Waals surface area contributed by atoms with Crippen LogP contribution in [0.2, 0.25) is 0 Å². The molecule has 2 aliphatic rings. The standard InChI is InChI=1S/C17H22N2O2/c1-13(20)18-9-11-19(12-10-18)17(21)16(15-7-8-15)14-5-3-2-4-6-14/h2-6,15-16H,7-12H2,1H3. The Bertz CT molecular complexity index is 517. The summed E-state index contributed by atoms with van der Waals surface area (Å²) in [6, 6.07) is 10.1. The Kier molecular flexibility index (Phi) is 3.95. The van der Waals surface area contributed by atoms with Crippen LogP contribution in [0.5, 0.6) is 0 Å². The van der Waals surface area contributed by atoms with Gasteiger partial charge in [-0.3, -0.25) is 9.59 Å². The minimum atomic E-state index is 0.00933. The fourth-order valence-corrected chi connectivity index (χ4v) is 3.14. The summed E-state index contributed by atoms with van der Waals surface area (Å²) in [6.07, 6.45) is 2.30. The van der Waals surface area contributed by atoms with E-state index in [2.05, 4.69) is 12.1 Å². The second-order valence-electron chi connectivity index (χ2n) is 6.06.